The highest BCUT2D eigenvalue weighted by Crippen LogP contribution is 2.29. The van der Waals surface area contributed by atoms with Crippen LogP contribution in [0.4, 0.5) is 8.78 Å². The summed E-state index contributed by atoms with van der Waals surface area (Å²) < 4.78 is 24.7. The number of halogens is 2. The van der Waals surface area contributed by atoms with E-state index < -0.39 is 12.3 Å². The molecule has 86 valence electrons. The van der Waals surface area contributed by atoms with Gasteiger partial charge in [0.15, 0.2) is 0 Å². The van der Waals surface area contributed by atoms with Crippen LogP contribution in [0.3, 0.4) is 0 Å². The summed E-state index contributed by atoms with van der Waals surface area (Å²) in [7, 11) is 0. The number of carbonyl (C=O) groups is 1. The summed E-state index contributed by atoms with van der Waals surface area (Å²) in [5.74, 6) is -1.08. The lowest BCUT2D eigenvalue weighted by Gasteiger charge is -2.21. The van der Waals surface area contributed by atoms with Gasteiger partial charge < -0.3 is 4.90 Å². The van der Waals surface area contributed by atoms with Crippen molar-refractivity contribution < 1.29 is 13.6 Å². The zero-order valence-electron chi connectivity index (χ0n) is 8.64. The average molecular weight is 226 g/mol. The highest BCUT2D eigenvalue weighted by atomic mass is 19.3. The Morgan fingerprint density at radius 2 is 2.31 bits per heavy atom. The smallest absolute Gasteiger partial charge is 0.315 e. The van der Waals surface area contributed by atoms with E-state index in [2.05, 4.69) is 4.98 Å². The van der Waals surface area contributed by atoms with Gasteiger partial charge in [-0.3, -0.25) is 9.78 Å². The minimum Gasteiger partial charge on any atom is -0.330 e. The van der Waals surface area contributed by atoms with Gasteiger partial charge in [-0.1, -0.05) is 6.07 Å². The summed E-state index contributed by atoms with van der Waals surface area (Å²) in [6.07, 6.45) is 1.92. The van der Waals surface area contributed by atoms with Crippen LogP contribution < -0.4 is 0 Å². The molecule has 0 bridgehead atoms. The van der Waals surface area contributed by atoms with Gasteiger partial charge in [0.1, 0.15) is 0 Å². The minimum atomic E-state index is -2.92. The maximum Gasteiger partial charge on any atom is 0.315 e. The summed E-state index contributed by atoms with van der Waals surface area (Å²) in [6.45, 7) is 0.224. The third kappa shape index (κ3) is 2.53. The van der Waals surface area contributed by atoms with Gasteiger partial charge >= 0.3 is 6.43 Å². The lowest BCUT2D eigenvalue weighted by molar-refractivity contribution is -0.144. The van der Waals surface area contributed by atoms with Gasteiger partial charge in [-0.15, -0.1) is 0 Å². The Hall–Kier alpha value is -1.52. The van der Waals surface area contributed by atoms with Gasteiger partial charge in [0, 0.05) is 25.0 Å². The molecular weight excluding hydrogens is 214 g/mol. The van der Waals surface area contributed by atoms with E-state index in [4.69, 9.17) is 0 Å². The molecule has 0 aromatic carbocycles. The average Bonchev–Trinajstić information content (AvgIpc) is 3.10. The maximum atomic E-state index is 12.4. The van der Waals surface area contributed by atoms with Crippen LogP contribution in [-0.2, 0) is 11.3 Å². The summed E-state index contributed by atoms with van der Waals surface area (Å²) in [5.41, 5.74) is 0.781. The van der Waals surface area contributed by atoms with Crippen LogP contribution in [0.2, 0.25) is 0 Å². The molecule has 0 spiro atoms. The topological polar surface area (TPSA) is 33.2 Å². The number of pyridine rings is 1. The van der Waals surface area contributed by atoms with E-state index in [-0.39, 0.29) is 12.6 Å². The Kier molecular flexibility index (Phi) is 3.12. The molecule has 0 saturated heterocycles. The number of nitrogens with zero attached hydrogens (tertiary/aromatic N) is 2. The minimum absolute atomic E-state index is 0.0123. The van der Waals surface area contributed by atoms with Gasteiger partial charge in [-0.25, -0.2) is 0 Å². The highest BCUT2D eigenvalue weighted by molar-refractivity contribution is 5.80. The van der Waals surface area contributed by atoms with Gasteiger partial charge in [0.05, 0.1) is 0 Å². The van der Waals surface area contributed by atoms with Crippen molar-refractivity contribution in [2.75, 3.05) is 0 Å². The van der Waals surface area contributed by atoms with E-state index in [0.717, 1.165) is 18.4 Å². The number of amides is 1. The van der Waals surface area contributed by atoms with Crippen LogP contribution in [0.1, 0.15) is 18.4 Å². The molecule has 0 atom stereocenters. The molecule has 1 amide bonds. The van der Waals surface area contributed by atoms with E-state index in [9.17, 15) is 13.6 Å². The molecule has 2 rings (SSSR count). The largest absolute Gasteiger partial charge is 0.330 e. The van der Waals surface area contributed by atoms with Crippen LogP contribution in [0.15, 0.2) is 24.5 Å². The van der Waals surface area contributed by atoms with Crippen LogP contribution in [0.5, 0.6) is 0 Å². The van der Waals surface area contributed by atoms with E-state index in [0.29, 0.717) is 0 Å². The normalized spacial score (nSPS) is 15.2. The van der Waals surface area contributed by atoms with Crippen molar-refractivity contribution in [1.29, 1.82) is 0 Å². The quantitative estimate of drug-likeness (QED) is 0.784. The monoisotopic (exact) mass is 226 g/mol. The van der Waals surface area contributed by atoms with Crippen molar-refractivity contribution in [1.82, 2.24) is 9.88 Å². The molecule has 0 unspecified atom stereocenters. The summed E-state index contributed by atoms with van der Waals surface area (Å²) in [5, 5.41) is 0. The van der Waals surface area contributed by atoms with E-state index in [1.165, 1.54) is 4.90 Å². The fourth-order valence-electron chi connectivity index (χ4n) is 1.59. The molecule has 0 N–H and O–H groups in total. The van der Waals surface area contributed by atoms with Gasteiger partial charge in [0.2, 0.25) is 0 Å². The first-order chi connectivity index (χ1) is 7.68. The Morgan fingerprint density at radius 3 is 2.81 bits per heavy atom. The van der Waals surface area contributed by atoms with Crippen LogP contribution in [-0.4, -0.2) is 28.3 Å². The van der Waals surface area contributed by atoms with Crippen molar-refractivity contribution in [3.63, 3.8) is 0 Å². The molecule has 1 aromatic heterocycles. The van der Waals surface area contributed by atoms with Crippen molar-refractivity contribution in [2.24, 2.45) is 0 Å². The molecule has 1 aliphatic carbocycles. The van der Waals surface area contributed by atoms with Crippen LogP contribution >= 0.6 is 0 Å². The molecule has 0 aliphatic heterocycles. The number of alkyl halides is 2. The molecule has 1 heterocycles. The van der Waals surface area contributed by atoms with Gasteiger partial charge in [0.25, 0.3) is 5.91 Å². The molecular formula is C11H12F2N2O. The van der Waals surface area contributed by atoms with Crippen molar-refractivity contribution in [3.8, 4) is 0 Å². The number of rotatable bonds is 4. The molecule has 16 heavy (non-hydrogen) atoms. The first kappa shape index (κ1) is 11.0. The van der Waals surface area contributed by atoms with Crippen LogP contribution in [0, 0.1) is 0 Å². The van der Waals surface area contributed by atoms with Crippen molar-refractivity contribution in [3.05, 3.63) is 30.1 Å². The third-order valence-corrected chi connectivity index (χ3v) is 2.53. The lowest BCUT2D eigenvalue weighted by atomic mass is 10.2. The highest BCUT2D eigenvalue weighted by Gasteiger charge is 2.35. The molecule has 1 saturated carbocycles. The number of aromatic nitrogens is 1. The Labute approximate surface area is 92.1 Å². The van der Waals surface area contributed by atoms with Gasteiger partial charge in [-0.2, -0.15) is 8.78 Å². The molecule has 1 aromatic rings. The molecule has 3 nitrogen and oxygen atoms in total. The number of hydrogen-bond donors (Lipinski definition) is 0. The fraction of sp³-hybridized carbons (Fsp3) is 0.455. The predicted octanol–water partition coefficient (Wildman–Crippen LogP) is 1.84. The first-order valence-corrected chi connectivity index (χ1v) is 5.16. The van der Waals surface area contributed by atoms with Gasteiger partial charge in [-0.05, 0) is 24.5 Å². The zero-order valence-corrected chi connectivity index (χ0v) is 8.64. The Bertz CT molecular complexity index is 366. The summed E-state index contributed by atoms with van der Waals surface area (Å²) in [6, 6.07) is 3.50. The molecule has 1 fully saturated rings. The fourth-order valence-corrected chi connectivity index (χ4v) is 1.59. The molecule has 0 radical (unpaired) electrons. The second kappa shape index (κ2) is 4.55. The number of carbonyl (C=O) groups excluding carboxylic acids is 1. The Morgan fingerprint density at radius 1 is 1.56 bits per heavy atom. The summed E-state index contributed by atoms with van der Waals surface area (Å²) >= 11 is 0. The van der Waals surface area contributed by atoms with Crippen LogP contribution in [0.25, 0.3) is 0 Å². The molecule has 5 heteroatoms. The second-order valence-corrected chi connectivity index (χ2v) is 3.86. The standard InChI is InChI=1S/C11H12F2N2O/c12-10(13)11(16)15(9-3-4-9)7-8-2-1-5-14-6-8/h1-2,5-6,9-10H,3-4,7H2. The molecule has 1 aliphatic rings. The van der Waals surface area contributed by atoms with E-state index in [1.807, 2.05) is 0 Å². The van der Waals surface area contributed by atoms with Crippen molar-refractivity contribution >= 4 is 5.91 Å². The Balaban J connectivity index is 2.06. The SMILES string of the molecule is O=C(C(F)F)N(Cc1cccnc1)C1CC1. The maximum absolute atomic E-state index is 12.4. The van der Waals surface area contributed by atoms with E-state index in [1.54, 1.807) is 24.5 Å². The third-order valence-electron chi connectivity index (χ3n) is 2.53. The van der Waals surface area contributed by atoms with Crippen molar-refractivity contribution in [2.45, 2.75) is 31.9 Å². The second-order valence-electron chi connectivity index (χ2n) is 3.86. The first-order valence-electron chi connectivity index (χ1n) is 5.16. The number of hydrogen-bond acceptors (Lipinski definition) is 2. The zero-order chi connectivity index (χ0) is 11.5. The summed E-state index contributed by atoms with van der Waals surface area (Å²) in [4.78, 5) is 16.4. The predicted molar refractivity (Wildman–Crippen MR) is 53.8 cm³/mol. The lowest BCUT2D eigenvalue weighted by Crippen LogP contribution is -2.36. The van der Waals surface area contributed by atoms with E-state index >= 15 is 0 Å².